The number of fused-ring (bicyclic) bond motifs is 1. The van der Waals surface area contributed by atoms with E-state index in [1.165, 1.54) is 6.33 Å². The Labute approximate surface area is 86.3 Å². The number of rotatable bonds is 1. The van der Waals surface area contributed by atoms with Crippen molar-refractivity contribution in [3.05, 3.63) is 12.0 Å². The van der Waals surface area contributed by atoms with E-state index in [0.29, 0.717) is 17.3 Å². The van der Waals surface area contributed by atoms with Crippen LogP contribution in [0.25, 0.3) is 11.0 Å². The minimum Gasteiger partial charge on any atom is -0.382 e. The van der Waals surface area contributed by atoms with Crippen LogP contribution in [0.4, 0.5) is 5.82 Å². The number of nitrogens with zero attached hydrogens (tertiary/aromatic N) is 3. The molecule has 15 heavy (non-hydrogen) atoms. The van der Waals surface area contributed by atoms with Crippen LogP contribution in [0.1, 0.15) is 18.0 Å². The van der Waals surface area contributed by atoms with Gasteiger partial charge in [0.1, 0.15) is 11.8 Å². The number of aromatic nitrogens is 4. The molecule has 78 valence electrons. The lowest BCUT2D eigenvalue weighted by molar-refractivity contribution is 0.733. The van der Waals surface area contributed by atoms with Gasteiger partial charge >= 0.3 is 0 Å². The van der Waals surface area contributed by atoms with Crippen LogP contribution in [-0.4, -0.2) is 33.3 Å². The fraction of sp³-hybridized carbons (Fsp3) is 0.444. The highest BCUT2D eigenvalue weighted by Gasteiger charge is 2.22. The number of hydrogen-bond donors (Lipinski definition) is 3. The average molecular weight is 204 g/mol. The highest BCUT2D eigenvalue weighted by Crippen LogP contribution is 2.27. The monoisotopic (exact) mass is 204 g/mol. The van der Waals surface area contributed by atoms with Crippen molar-refractivity contribution in [2.24, 2.45) is 0 Å². The minimum atomic E-state index is 0.438. The Morgan fingerprint density at radius 2 is 2.27 bits per heavy atom. The van der Waals surface area contributed by atoms with Crippen molar-refractivity contribution in [3.63, 3.8) is 0 Å². The molecule has 1 unspecified atom stereocenters. The zero-order valence-electron chi connectivity index (χ0n) is 8.20. The molecule has 2 aromatic rings. The van der Waals surface area contributed by atoms with Gasteiger partial charge in [0.15, 0.2) is 11.3 Å². The fourth-order valence-electron chi connectivity index (χ4n) is 2.05. The molecule has 0 radical (unpaired) electrons. The molecular formula is C9H12N6. The van der Waals surface area contributed by atoms with Crippen LogP contribution in [0, 0.1) is 0 Å². The lowest BCUT2D eigenvalue weighted by atomic mass is 10.0. The molecule has 1 aliphatic heterocycles. The van der Waals surface area contributed by atoms with Crippen LogP contribution >= 0.6 is 0 Å². The summed E-state index contributed by atoms with van der Waals surface area (Å²) >= 11 is 0. The van der Waals surface area contributed by atoms with E-state index in [4.69, 9.17) is 5.73 Å². The van der Waals surface area contributed by atoms with E-state index >= 15 is 0 Å². The highest BCUT2D eigenvalue weighted by molar-refractivity contribution is 5.85. The standard InChI is InChI=1S/C9H12N6/c10-9-8-7(12-4-13-9)6(14-15-8)5-1-2-11-3-5/h4-5,11H,1-3H2,(H,14,15)(H2,10,12,13). The lowest BCUT2D eigenvalue weighted by Gasteiger charge is -2.04. The van der Waals surface area contributed by atoms with Gasteiger partial charge < -0.3 is 11.1 Å². The normalized spacial score (nSPS) is 21.2. The van der Waals surface area contributed by atoms with Crippen molar-refractivity contribution in [2.75, 3.05) is 18.8 Å². The van der Waals surface area contributed by atoms with Crippen LogP contribution in [0.5, 0.6) is 0 Å². The van der Waals surface area contributed by atoms with E-state index in [0.717, 1.165) is 30.7 Å². The molecule has 3 rings (SSSR count). The summed E-state index contributed by atoms with van der Waals surface area (Å²) in [6.07, 6.45) is 2.60. The van der Waals surface area contributed by atoms with Gasteiger partial charge in [0.2, 0.25) is 0 Å². The molecule has 1 saturated heterocycles. The second kappa shape index (κ2) is 3.16. The van der Waals surface area contributed by atoms with Crippen molar-refractivity contribution in [1.29, 1.82) is 0 Å². The van der Waals surface area contributed by atoms with Crippen LogP contribution in [-0.2, 0) is 0 Å². The SMILES string of the molecule is Nc1ncnc2c(C3CCNC3)[nH]nc12. The molecular weight excluding hydrogens is 192 g/mol. The molecule has 0 spiro atoms. The van der Waals surface area contributed by atoms with Gasteiger partial charge in [-0.15, -0.1) is 0 Å². The number of nitrogens with two attached hydrogens (primary N) is 1. The maximum Gasteiger partial charge on any atom is 0.155 e. The third-order valence-electron chi connectivity index (χ3n) is 2.86. The third-order valence-corrected chi connectivity index (χ3v) is 2.86. The van der Waals surface area contributed by atoms with Crippen molar-refractivity contribution < 1.29 is 0 Å². The Balaban J connectivity index is 2.15. The number of hydrogen-bond acceptors (Lipinski definition) is 5. The summed E-state index contributed by atoms with van der Waals surface area (Å²) in [6.45, 7) is 2.02. The van der Waals surface area contributed by atoms with E-state index in [1.54, 1.807) is 0 Å². The molecule has 6 nitrogen and oxygen atoms in total. The second-order valence-corrected chi connectivity index (χ2v) is 3.78. The summed E-state index contributed by atoms with van der Waals surface area (Å²) < 4.78 is 0. The van der Waals surface area contributed by atoms with Gasteiger partial charge in [0.25, 0.3) is 0 Å². The molecule has 1 atom stereocenters. The number of nitrogens with one attached hydrogen (secondary N) is 2. The van der Waals surface area contributed by atoms with E-state index in [2.05, 4.69) is 25.5 Å². The zero-order chi connectivity index (χ0) is 10.3. The van der Waals surface area contributed by atoms with E-state index in [9.17, 15) is 0 Å². The van der Waals surface area contributed by atoms with E-state index < -0.39 is 0 Å². The number of H-pyrrole nitrogens is 1. The maximum absolute atomic E-state index is 5.72. The van der Waals surface area contributed by atoms with Crippen molar-refractivity contribution in [3.8, 4) is 0 Å². The summed E-state index contributed by atoms with van der Waals surface area (Å²) in [5.74, 6) is 0.901. The molecule has 3 heterocycles. The minimum absolute atomic E-state index is 0.438. The third kappa shape index (κ3) is 1.25. The highest BCUT2D eigenvalue weighted by atomic mass is 15.2. The van der Waals surface area contributed by atoms with Gasteiger partial charge in [-0.1, -0.05) is 0 Å². The molecule has 0 aromatic carbocycles. The van der Waals surface area contributed by atoms with Gasteiger partial charge in [-0.3, -0.25) is 5.10 Å². The number of nitrogen functional groups attached to an aromatic ring is 1. The Hall–Kier alpha value is -1.69. The van der Waals surface area contributed by atoms with Crippen LogP contribution in [0.3, 0.4) is 0 Å². The van der Waals surface area contributed by atoms with Gasteiger partial charge in [-0.25, -0.2) is 9.97 Å². The predicted octanol–water partition coefficient (Wildman–Crippen LogP) is 0.0120. The fourth-order valence-corrected chi connectivity index (χ4v) is 2.05. The molecule has 0 saturated carbocycles. The maximum atomic E-state index is 5.72. The Bertz CT molecular complexity index is 484. The smallest absolute Gasteiger partial charge is 0.155 e. The van der Waals surface area contributed by atoms with Gasteiger partial charge in [-0.05, 0) is 13.0 Å². The van der Waals surface area contributed by atoms with Crippen LogP contribution < -0.4 is 11.1 Å². The summed E-state index contributed by atoms with van der Waals surface area (Å²) in [7, 11) is 0. The zero-order valence-corrected chi connectivity index (χ0v) is 8.20. The first kappa shape index (κ1) is 8.60. The van der Waals surface area contributed by atoms with E-state index in [1.807, 2.05) is 0 Å². The van der Waals surface area contributed by atoms with Crippen LogP contribution in [0.2, 0.25) is 0 Å². The molecule has 0 aliphatic carbocycles. The predicted molar refractivity (Wildman–Crippen MR) is 56.3 cm³/mol. The molecule has 1 fully saturated rings. The summed E-state index contributed by atoms with van der Waals surface area (Å²) in [5, 5.41) is 10.5. The number of aromatic amines is 1. The molecule has 0 amide bonds. The molecule has 0 bridgehead atoms. The summed E-state index contributed by atoms with van der Waals surface area (Å²) in [5.41, 5.74) is 8.33. The summed E-state index contributed by atoms with van der Waals surface area (Å²) in [6, 6.07) is 0. The average Bonchev–Trinajstić information content (AvgIpc) is 2.85. The van der Waals surface area contributed by atoms with E-state index in [-0.39, 0.29) is 0 Å². The number of anilines is 1. The lowest BCUT2D eigenvalue weighted by Crippen LogP contribution is -2.08. The largest absolute Gasteiger partial charge is 0.382 e. The summed E-state index contributed by atoms with van der Waals surface area (Å²) in [4.78, 5) is 8.15. The van der Waals surface area contributed by atoms with Gasteiger partial charge in [0, 0.05) is 12.5 Å². The molecule has 1 aliphatic rings. The Morgan fingerprint density at radius 3 is 3.07 bits per heavy atom. The quantitative estimate of drug-likeness (QED) is 0.608. The molecule has 2 aromatic heterocycles. The van der Waals surface area contributed by atoms with Crippen molar-refractivity contribution in [1.82, 2.24) is 25.5 Å². The Morgan fingerprint density at radius 1 is 1.33 bits per heavy atom. The van der Waals surface area contributed by atoms with Crippen LogP contribution in [0.15, 0.2) is 6.33 Å². The molecule has 4 N–H and O–H groups in total. The van der Waals surface area contributed by atoms with Gasteiger partial charge in [0.05, 0.1) is 5.69 Å². The van der Waals surface area contributed by atoms with Crippen molar-refractivity contribution in [2.45, 2.75) is 12.3 Å². The van der Waals surface area contributed by atoms with Gasteiger partial charge in [-0.2, -0.15) is 5.10 Å². The molecule has 6 heteroatoms. The first-order valence-electron chi connectivity index (χ1n) is 5.01. The topological polar surface area (TPSA) is 92.5 Å². The van der Waals surface area contributed by atoms with Crippen molar-refractivity contribution >= 4 is 16.9 Å². The Kier molecular flexibility index (Phi) is 1.81. The first-order chi connectivity index (χ1) is 7.36. The first-order valence-corrected chi connectivity index (χ1v) is 5.01. The second-order valence-electron chi connectivity index (χ2n) is 3.78.